The van der Waals surface area contributed by atoms with Gasteiger partial charge in [0.25, 0.3) is 5.91 Å². The molecule has 0 fully saturated rings. The van der Waals surface area contributed by atoms with Crippen LogP contribution in [0.5, 0.6) is 0 Å². The van der Waals surface area contributed by atoms with Gasteiger partial charge < -0.3 is 15.7 Å². The van der Waals surface area contributed by atoms with Gasteiger partial charge >= 0.3 is 5.97 Å². The maximum atomic E-state index is 12.0. The van der Waals surface area contributed by atoms with E-state index in [1.807, 2.05) is 19.9 Å². The molecule has 23 heavy (non-hydrogen) atoms. The molecule has 1 aromatic rings. The minimum absolute atomic E-state index is 0.140. The summed E-state index contributed by atoms with van der Waals surface area (Å²) >= 11 is 0. The van der Waals surface area contributed by atoms with Crippen LogP contribution in [0.4, 0.5) is 0 Å². The summed E-state index contributed by atoms with van der Waals surface area (Å²) in [6.45, 7) is 7.19. The van der Waals surface area contributed by atoms with Crippen molar-refractivity contribution in [1.82, 2.24) is 10.6 Å². The lowest BCUT2D eigenvalue weighted by Gasteiger charge is -2.18. The Labute approximate surface area is 136 Å². The first kappa shape index (κ1) is 18.7. The third kappa shape index (κ3) is 5.73. The lowest BCUT2D eigenvalue weighted by atomic mass is 9.90. The number of carboxylic acids is 1. The van der Waals surface area contributed by atoms with Crippen LogP contribution in [0.2, 0.25) is 0 Å². The molecule has 1 aromatic carbocycles. The van der Waals surface area contributed by atoms with Crippen LogP contribution < -0.4 is 10.6 Å². The molecular weight excluding hydrogens is 296 g/mol. The molecule has 0 saturated heterocycles. The third-order valence-electron chi connectivity index (χ3n) is 3.83. The van der Waals surface area contributed by atoms with Crippen LogP contribution in [-0.2, 0) is 9.59 Å². The number of aryl methyl sites for hydroxylation is 2. The summed E-state index contributed by atoms with van der Waals surface area (Å²) in [6.07, 6.45) is 0.319. The number of hydrogen-bond acceptors (Lipinski definition) is 3. The highest BCUT2D eigenvalue weighted by Gasteiger charge is 2.26. The first-order chi connectivity index (χ1) is 10.6. The predicted octanol–water partition coefficient (Wildman–Crippen LogP) is 1.65. The van der Waals surface area contributed by atoms with Crippen LogP contribution in [0.15, 0.2) is 18.2 Å². The molecule has 0 bridgehead atoms. The van der Waals surface area contributed by atoms with Crippen LogP contribution in [0.3, 0.4) is 0 Å². The van der Waals surface area contributed by atoms with Crippen LogP contribution in [-0.4, -0.2) is 36.0 Å². The molecule has 2 amide bonds. The van der Waals surface area contributed by atoms with Gasteiger partial charge in [0.1, 0.15) is 0 Å². The van der Waals surface area contributed by atoms with Crippen LogP contribution in [0.1, 0.15) is 41.8 Å². The average molecular weight is 320 g/mol. The monoisotopic (exact) mass is 320 g/mol. The second-order valence-electron chi connectivity index (χ2n) is 6.27. The Kier molecular flexibility index (Phi) is 6.30. The van der Waals surface area contributed by atoms with Crippen molar-refractivity contribution in [1.29, 1.82) is 0 Å². The first-order valence-electron chi connectivity index (χ1n) is 7.49. The van der Waals surface area contributed by atoms with Gasteiger partial charge in [0, 0.05) is 12.1 Å². The highest BCUT2D eigenvalue weighted by molar-refractivity contribution is 5.96. The van der Waals surface area contributed by atoms with Crippen molar-refractivity contribution in [3.63, 3.8) is 0 Å². The summed E-state index contributed by atoms with van der Waals surface area (Å²) in [4.78, 5) is 34.6. The average Bonchev–Trinajstić information content (AvgIpc) is 2.47. The van der Waals surface area contributed by atoms with Crippen molar-refractivity contribution in [2.24, 2.45) is 5.41 Å². The molecule has 0 radical (unpaired) electrons. The highest BCUT2D eigenvalue weighted by atomic mass is 16.4. The fraction of sp³-hybridized carbons (Fsp3) is 0.471. The van der Waals surface area contributed by atoms with Crippen molar-refractivity contribution in [3.8, 4) is 0 Å². The molecule has 0 heterocycles. The summed E-state index contributed by atoms with van der Waals surface area (Å²) in [5.74, 6) is -1.56. The van der Waals surface area contributed by atoms with Gasteiger partial charge in [0.15, 0.2) is 0 Å². The maximum absolute atomic E-state index is 12.0. The van der Waals surface area contributed by atoms with Gasteiger partial charge in [-0.3, -0.25) is 14.4 Å². The summed E-state index contributed by atoms with van der Waals surface area (Å²) in [5, 5.41) is 14.1. The molecule has 0 unspecified atom stereocenters. The van der Waals surface area contributed by atoms with Crippen LogP contribution >= 0.6 is 0 Å². The second kappa shape index (κ2) is 7.76. The molecule has 6 heteroatoms. The number of aliphatic carboxylic acids is 1. The van der Waals surface area contributed by atoms with E-state index in [2.05, 4.69) is 10.6 Å². The predicted molar refractivity (Wildman–Crippen MR) is 87.3 cm³/mol. The largest absolute Gasteiger partial charge is 0.481 e. The number of hydrogen-bond donors (Lipinski definition) is 3. The lowest BCUT2D eigenvalue weighted by molar-refractivity contribution is -0.147. The lowest BCUT2D eigenvalue weighted by Crippen LogP contribution is -2.39. The molecule has 0 aromatic heterocycles. The Morgan fingerprint density at radius 3 is 2.30 bits per heavy atom. The van der Waals surface area contributed by atoms with Crippen LogP contribution in [0, 0.1) is 19.3 Å². The van der Waals surface area contributed by atoms with Gasteiger partial charge in [-0.15, -0.1) is 0 Å². The van der Waals surface area contributed by atoms with Crippen molar-refractivity contribution in [2.45, 2.75) is 34.1 Å². The quantitative estimate of drug-likeness (QED) is 0.712. The van der Waals surface area contributed by atoms with Gasteiger partial charge in [0.05, 0.1) is 12.0 Å². The normalized spacial score (nSPS) is 11.0. The third-order valence-corrected chi connectivity index (χ3v) is 3.83. The summed E-state index contributed by atoms with van der Waals surface area (Å²) in [7, 11) is 0. The number of carboxylic acid groups (broad SMARTS) is 1. The molecule has 0 aliphatic heterocycles. The van der Waals surface area contributed by atoms with Gasteiger partial charge in [0.2, 0.25) is 5.91 Å². The molecule has 126 valence electrons. The number of carbonyl (C=O) groups is 3. The number of amides is 2. The van der Waals surface area contributed by atoms with E-state index in [1.54, 1.807) is 26.0 Å². The van der Waals surface area contributed by atoms with E-state index >= 15 is 0 Å². The molecule has 0 atom stereocenters. The zero-order valence-electron chi connectivity index (χ0n) is 14.0. The first-order valence-corrected chi connectivity index (χ1v) is 7.49. The van der Waals surface area contributed by atoms with E-state index < -0.39 is 11.4 Å². The Bertz CT molecular complexity index is 609. The Morgan fingerprint density at radius 2 is 1.74 bits per heavy atom. The van der Waals surface area contributed by atoms with Crippen molar-refractivity contribution in [2.75, 3.05) is 13.1 Å². The van der Waals surface area contributed by atoms with E-state index in [9.17, 15) is 14.4 Å². The number of nitrogens with one attached hydrogen (secondary N) is 2. The Hall–Kier alpha value is -2.37. The number of carbonyl (C=O) groups excluding carboxylic acids is 2. The zero-order valence-corrected chi connectivity index (χ0v) is 14.0. The molecule has 6 nitrogen and oxygen atoms in total. The topological polar surface area (TPSA) is 95.5 Å². The molecule has 1 rings (SSSR count). The van der Waals surface area contributed by atoms with E-state index in [4.69, 9.17) is 5.11 Å². The fourth-order valence-corrected chi connectivity index (χ4v) is 1.83. The molecule has 0 saturated carbocycles. The SMILES string of the molecule is Cc1ccc(C(=O)NCC(=O)NCCC(C)(C)C(=O)O)cc1C. The zero-order chi connectivity index (χ0) is 17.6. The molecule has 0 aliphatic carbocycles. The van der Waals surface area contributed by atoms with Gasteiger partial charge in [-0.05, 0) is 57.4 Å². The number of rotatable bonds is 7. The van der Waals surface area contributed by atoms with E-state index in [-0.39, 0.29) is 24.9 Å². The number of benzene rings is 1. The smallest absolute Gasteiger partial charge is 0.309 e. The van der Waals surface area contributed by atoms with Gasteiger partial charge in [-0.25, -0.2) is 0 Å². The van der Waals surface area contributed by atoms with Crippen molar-refractivity contribution in [3.05, 3.63) is 34.9 Å². The Morgan fingerprint density at radius 1 is 1.09 bits per heavy atom. The fourth-order valence-electron chi connectivity index (χ4n) is 1.83. The summed E-state index contributed by atoms with van der Waals surface area (Å²) < 4.78 is 0. The summed E-state index contributed by atoms with van der Waals surface area (Å²) in [5.41, 5.74) is 1.72. The Balaban J connectivity index is 2.40. The minimum Gasteiger partial charge on any atom is -0.481 e. The molecule has 3 N–H and O–H groups in total. The maximum Gasteiger partial charge on any atom is 0.309 e. The van der Waals surface area contributed by atoms with Gasteiger partial charge in [-0.2, -0.15) is 0 Å². The van der Waals surface area contributed by atoms with Crippen LogP contribution in [0.25, 0.3) is 0 Å². The van der Waals surface area contributed by atoms with Crippen molar-refractivity contribution < 1.29 is 19.5 Å². The van der Waals surface area contributed by atoms with Gasteiger partial charge in [-0.1, -0.05) is 6.07 Å². The molecule has 0 spiro atoms. The second-order valence-corrected chi connectivity index (χ2v) is 6.27. The van der Waals surface area contributed by atoms with Crippen molar-refractivity contribution >= 4 is 17.8 Å². The van der Waals surface area contributed by atoms with E-state index in [1.165, 1.54) is 0 Å². The standard InChI is InChI=1S/C17H24N2O4/c1-11-5-6-13(9-12(11)2)15(21)19-10-14(20)18-8-7-17(3,4)16(22)23/h5-6,9H,7-8,10H2,1-4H3,(H,18,20)(H,19,21)(H,22,23). The highest BCUT2D eigenvalue weighted by Crippen LogP contribution is 2.19. The van der Waals surface area contributed by atoms with E-state index in [0.717, 1.165) is 11.1 Å². The van der Waals surface area contributed by atoms with E-state index in [0.29, 0.717) is 12.0 Å². The molecule has 0 aliphatic rings. The minimum atomic E-state index is -0.908. The summed E-state index contributed by atoms with van der Waals surface area (Å²) in [6, 6.07) is 5.35. The molecular formula is C17H24N2O4.